The maximum atomic E-state index is 12.2. The lowest BCUT2D eigenvalue weighted by Gasteiger charge is -2.12. The minimum Gasteiger partial charge on any atom is -0.495 e. The van der Waals surface area contributed by atoms with E-state index in [1.54, 1.807) is 18.2 Å². The van der Waals surface area contributed by atoms with E-state index in [0.29, 0.717) is 22.0 Å². The van der Waals surface area contributed by atoms with Crippen molar-refractivity contribution in [1.29, 1.82) is 0 Å². The van der Waals surface area contributed by atoms with E-state index in [0.717, 1.165) is 4.31 Å². The van der Waals surface area contributed by atoms with Gasteiger partial charge in [0.05, 0.1) is 17.0 Å². The Labute approximate surface area is 146 Å². The van der Waals surface area contributed by atoms with Crippen molar-refractivity contribution in [1.82, 2.24) is 4.31 Å². The van der Waals surface area contributed by atoms with Crippen molar-refractivity contribution in [2.45, 2.75) is 4.90 Å². The summed E-state index contributed by atoms with van der Waals surface area (Å²) >= 11 is 6.01. The highest BCUT2D eigenvalue weighted by Gasteiger charge is 2.17. The molecule has 1 amide bonds. The van der Waals surface area contributed by atoms with Crippen LogP contribution in [0.3, 0.4) is 0 Å². The molecule has 0 radical (unpaired) electrons. The number of halogens is 1. The predicted molar refractivity (Wildman–Crippen MR) is 93.3 cm³/mol. The van der Waals surface area contributed by atoms with Crippen LogP contribution in [-0.2, 0) is 10.0 Å². The van der Waals surface area contributed by atoms with Crippen LogP contribution in [0.5, 0.6) is 5.75 Å². The van der Waals surface area contributed by atoms with Crippen LogP contribution in [0.15, 0.2) is 47.4 Å². The van der Waals surface area contributed by atoms with E-state index in [1.807, 2.05) is 0 Å². The molecule has 8 heteroatoms. The zero-order chi connectivity index (χ0) is 17.9. The zero-order valence-electron chi connectivity index (χ0n) is 13.4. The maximum Gasteiger partial charge on any atom is 0.255 e. The number of hydrogen-bond donors (Lipinski definition) is 1. The van der Waals surface area contributed by atoms with Crippen LogP contribution in [0.1, 0.15) is 10.4 Å². The molecular formula is C16H17ClN2O4S. The van der Waals surface area contributed by atoms with Crippen molar-refractivity contribution < 1.29 is 17.9 Å². The molecule has 0 bridgehead atoms. The molecule has 0 aliphatic rings. The summed E-state index contributed by atoms with van der Waals surface area (Å²) in [5.74, 6) is 0.137. The van der Waals surface area contributed by atoms with Gasteiger partial charge in [-0.3, -0.25) is 4.79 Å². The number of ether oxygens (including phenoxy) is 1. The van der Waals surface area contributed by atoms with Gasteiger partial charge in [0, 0.05) is 25.3 Å². The summed E-state index contributed by atoms with van der Waals surface area (Å²) in [5, 5.41) is 3.07. The molecule has 0 aromatic heterocycles. The lowest BCUT2D eigenvalue weighted by atomic mass is 10.2. The van der Waals surface area contributed by atoms with Gasteiger partial charge in [-0.15, -0.1) is 0 Å². The number of methoxy groups -OCH3 is 1. The average molecular weight is 369 g/mol. The summed E-state index contributed by atoms with van der Waals surface area (Å²) in [6.07, 6.45) is 0. The third kappa shape index (κ3) is 3.87. The quantitative estimate of drug-likeness (QED) is 0.880. The summed E-state index contributed by atoms with van der Waals surface area (Å²) < 4.78 is 30.2. The lowest BCUT2D eigenvalue weighted by molar-refractivity contribution is 0.102. The molecule has 0 unspecified atom stereocenters. The first-order chi connectivity index (χ1) is 11.3. The number of nitrogens with one attached hydrogen (secondary N) is 1. The van der Waals surface area contributed by atoms with E-state index in [2.05, 4.69) is 5.32 Å². The topological polar surface area (TPSA) is 75.7 Å². The fourth-order valence-corrected chi connectivity index (χ4v) is 3.10. The first-order valence-electron chi connectivity index (χ1n) is 6.93. The molecule has 0 aliphatic carbocycles. The van der Waals surface area contributed by atoms with E-state index in [4.69, 9.17) is 16.3 Å². The van der Waals surface area contributed by atoms with Crippen molar-refractivity contribution in [2.75, 3.05) is 26.5 Å². The standard InChI is InChI=1S/C16H17ClN2O4S/c1-19(2)24(21,22)13-7-4-11(5-8-13)16(20)18-12-6-9-15(23-3)14(17)10-12/h4-10H,1-3H3,(H,18,20). The van der Waals surface area contributed by atoms with Crippen LogP contribution < -0.4 is 10.1 Å². The Morgan fingerprint density at radius 1 is 1.12 bits per heavy atom. The van der Waals surface area contributed by atoms with E-state index in [9.17, 15) is 13.2 Å². The molecule has 0 spiro atoms. The fourth-order valence-electron chi connectivity index (χ4n) is 1.94. The van der Waals surface area contributed by atoms with Gasteiger partial charge in [0.2, 0.25) is 10.0 Å². The molecule has 2 aromatic carbocycles. The molecule has 0 heterocycles. The monoisotopic (exact) mass is 368 g/mol. The normalized spacial score (nSPS) is 11.4. The first-order valence-corrected chi connectivity index (χ1v) is 8.75. The molecule has 0 aliphatic heterocycles. The van der Waals surface area contributed by atoms with Crippen molar-refractivity contribution >= 4 is 33.2 Å². The number of hydrogen-bond acceptors (Lipinski definition) is 4. The second-order valence-electron chi connectivity index (χ2n) is 5.12. The molecule has 2 rings (SSSR count). The van der Waals surface area contributed by atoms with Gasteiger partial charge < -0.3 is 10.1 Å². The first kappa shape index (κ1) is 18.3. The fraction of sp³-hybridized carbons (Fsp3) is 0.188. The molecular weight excluding hydrogens is 352 g/mol. The van der Waals surface area contributed by atoms with Gasteiger partial charge in [-0.1, -0.05) is 11.6 Å². The summed E-state index contributed by atoms with van der Waals surface area (Å²) in [7, 11) is 0.877. The number of sulfonamides is 1. The van der Waals surface area contributed by atoms with Gasteiger partial charge >= 0.3 is 0 Å². The van der Waals surface area contributed by atoms with Crippen molar-refractivity contribution in [3.05, 3.63) is 53.1 Å². The summed E-state index contributed by atoms with van der Waals surface area (Å²) in [6, 6.07) is 10.6. The summed E-state index contributed by atoms with van der Waals surface area (Å²) in [5.41, 5.74) is 0.843. The van der Waals surface area contributed by atoms with Crippen LogP contribution >= 0.6 is 11.6 Å². The van der Waals surface area contributed by atoms with Crippen LogP contribution in [0.2, 0.25) is 5.02 Å². The maximum absolute atomic E-state index is 12.2. The molecule has 0 saturated heterocycles. The number of rotatable bonds is 5. The highest BCUT2D eigenvalue weighted by atomic mass is 35.5. The molecule has 1 N–H and O–H groups in total. The molecule has 128 valence electrons. The van der Waals surface area contributed by atoms with Crippen molar-refractivity contribution in [3.8, 4) is 5.75 Å². The minimum atomic E-state index is -3.52. The van der Waals surface area contributed by atoms with E-state index in [1.165, 1.54) is 45.5 Å². The largest absolute Gasteiger partial charge is 0.495 e. The highest BCUT2D eigenvalue weighted by molar-refractivity contribution is 7.89. The molecule has 6 nitrogen and oxygen atoms in total. The highest BCUT2D eigenvalue weighted by Crippen LogP contribution is 2.27. The second kappa shape index (κ2) is 7.21. The Morgan fingerprint density at radius 2 is 1.75 bits per heavy atom. The van der Waals surface area contributed by atoms with Crippen LogP contribution in [0, 0.1) is 0 Å². The third-order valence-corrected chi connectivity index (χ3v) is 5.43. The van der Waals surface area contributed by atoms with Gasteiger partial charge in [0.15, 0.2) is 0 Å². The molecule has 0 fully saturated rings. The third-order valence-electron chi connectivity index (χ3n) is 3.30. The van der Waals surface area contributed by atoms with Crippen molar-refractivity contribution in [3.63, 3.8) is 0 Å². The summed E-state index contributed by atoms with van der Waals surface area (Å²) in [4.78, 5) is 12.4. The Bertz CT molecular complexity index is 849. The Balaban J connectivity index is 2.18. The SMILES string of the molecule is COc1ccc(NC(=O)c2ccc(S(=O)(=O)N(C)C)cc2)cc1Cl. The van der Waals surface area contributed by atoms with E-state index in [-0.39, 0.29) is 10.8 Å². The number of nitrogens with zero attached hydrogens (tertiary/aromatic N) is 1. The average Bonchev–Trinajstić information content (AvgIpc) is 2.55. The lowest BCUT2D eigenvalue weighted by Crippen LogP contribution is -2.22. The smallest absolute Gasteiger partial charge is 0.255 e. The Hall–Kier alpha value is -2.09. The Kier molecular flexibility index (Phi) is 5.48. The Morgan fingerprint density at radius 3 is 2.25 bits per heavy atom. The zero-order valence-corrected chi connectivity index (χ0v) is 15.0. The van der Waals surface area contributed by atoms with Crippen LogP contribution in [0.4, 0.5) is 5.69 Å². The van der Waals surface area contributed by atoms with Gasteiger partial charge in [-0.25, -0.2) is 12.7 Å². The number of amides is 1. The van der Waals surface area contributed by atoms with Crippen LogP contribution in [-0.4, -0.2) is 39.8 Å². The van der Waals surface area contributed by atoms with Crippen molar-refractivity contribution in [2.24, 2.45) is 0 Å². The number of carbonyl (C=O) groups is 1. The van der Waals surface area contributed by atoms with Gasteiger partial charge in [-0.05, 0) is 42.5 Å². The van der Waals surface area contributed by atoms with Gasteiger partial charge in [0.1, 0.15) is 5.75 Å². The number of anilines is 1. The summed E-state index contributed by atoms with van der Waals surface area (Å²) in [6.45, 7) is 0. The molecule has 24 heavy (non-hydrogen) atoms. The second-order valence-corrected chi connectivity index (χ2v) is 7.67. The van der Waals surface area contributed by atoms with E-state index < -0.39 is 10.0 Å². The van der Waals surface area contributed by atoms with Gasteiger partial charge in [0.25, 0.3) is 5.91 Å². The van der Waals surface area contributed by atoms with E-state index >= 15 is 0 Å². The molecule has 0 saturated carbocycles. The minimum absolute atomic E-state index is 0.122. The number of carbonyl (C=O) groups excluding carboxylic acids is 1. The number of benzene rings is 2. The predicted octanol–water partition coefficient (Wildman–Crippen LogP) is 2.85. The van der Waals surface area contributed by atoms with Gasteiger partial charge in [-0.2, -0.15) is 0 Å². The molecule has 0 atom stereocenters. The van der Waals surface area contributed by atoms with Crippen LogP contribution in [0.25, 0.3) is 0 Å². The molecule has 2 aromatic rings.